The minimum absolute atomic E-state index is 0.642. The van der Waals surface area contributed by atoms with E-state index in [1.54, 1.807) is 0 Å². The van der Waals surface area contributed by atoms with Crippen LogP contribution in [-0.2, 0) is 4.74 Å². The number of anilines is 1. The highest BCUT2D eigenvalue weighted by molar-refractivity contribution is 7.99. The van der Waals surface area contributed by atoms with Gasteiger partial charge in [0.1, 0.15) is 5.84 Å². The van der Waals surface area contributed by atoms with Crippen molar-refractivity contribution in [3.63, 3.8) is 0 Å². The molecule has 5 rings (SSSR count). The van der Waals surface area contributed by atoms with Gasteiger partial charge in [-0.25, -0.2) is 0 Å². The van der Waals surface area contributed by atoms with Gasteiger partial charge in [0.25, 0.3) is 0 Å². The molecule has 4 heteroatoms. The molecule has 0 N–H and O–H groups in total. The van der Waals surface area contributed by atoms with Crippen LogP contribution < -0.4 is 4.90 Å². The van der Waals surface area contributed by atoms with E-state index >= 15 is 0 Å². The van der Waals surface area contributed by atoms with Crippen molar-refractivity contribution in [2.45, 2.75) is 28.6 Å². The standard InChI is InChI=1S/C22H22N2OS/c1-2-17(16-8-12-25-13-9-16)14-19(3-1)26-20-5-6-21-18(15-20)4-7-22-23-10-11-24(21)22/h1-7,14-16H,8-13H2. The fourth-order valence-electron chi connectivity index (χ4n) is 3.99. The Hall–Kier alpha value is -2.04. The van der Waals surface area contributed by atoms with Crippen molar-refractivity contribution in [1.29, 1.82) is 0 Å². The summed E-state index contributed by atoms with van der Waals surface area (Å²) in [5, 5.41) is 0. The number of nitrogens with zero attached hydrogens (tertiary/aromatic N) is 2. The molecule has 0 aliphatic carbocycles. The van der Waals surface area contributed by atoms with Crippen LogP contribution in [0.2, 0.25) is 0 Å². The van der Waals surface area contributed by atoms with Gasteiger partial charge in [0.15, 0.2) is 0 Å². The summed E-state index contributed by atoms with van der Waals surface area (Å²) in [5.74, 6) is 1.74. The first-order valence-electron chi connectivity index (χ1n) is 9.36. The van der Waals surface area contributed by atoms with Gasteiger partial charge in [-0.2, -0.15) is 0 Å². The molecule has 132 valence electrons. The molecular formula is C22H22N2OS. The third-order valence-corrected chi connectivity index (χ3v) is 6.34. The third-order valence-electron chi connectivity index (χ3n) is 5.36. The van der Waals surface area contributed by atoms with Gasteiger partial charge in [0.2, 0.25) is 0 Å². The van der Waals surface area contributed by atoms with Gasteiger partial charge in [0.05, 0.1) is 6.54 Å². The molecule has 0 atom stereocenters. The van der Waals surface area contributed by atoms with Crippen molar-refractivity contribution in [3.8, 4) is 0 Å². The summed E-state index contributed by atoms with van der Waals surface area (Å²) < 4.78 is 5.51. The molecule has 0 bridgehead atoms. The number of benzene rings is 2. The third kappa shape index (κ3) is 3.08. The van der Waals surface area contributed by atoms with Crippen LogP contribution in [-0.4, -0.2) is 32.1 Å². The van der Waals surface area contributed by atoms with E-state index in [1.165, 1.54) is 26.6 Å². The highest BCUT2D eigenvalue weighted by Crippen LogP contribution is 2.36. The highest BCUT2D eigenvalue weighted by Gasteiger charge is 2.22. The Morgan fingerprint density at radius 2 is 1.88 bits per heavy atom. The van der Waals surface area contributed by atoms with E-state index in [-0.39, 0.29) is 0 Å². The minimum atomic E-state index is 0.642. The Bertz CT molecular complexity index is 883. The lowest BCUT2D eigenvalue weighted by Gasteiger charge is -2.25. The van der Waals surface area contributed by atoms with Gasteiger partial charge in [-0.15, -0.1) is 0 Å². The summed E-state index contributed by atoms with van der Waals surface area (Å²) >= 11 is 1.85. The zero-order valence-corrected chi connectivity index (χ0v) is 15.5. The van der Waals surface area contributed by atoms with Gasteiger partial charge in [-0.05, 0) is 72.4 Å². The second-order valence-electron chi connectivity index (χ2n) is 7.01. The fraction of sp³-hybridized carbons (Fsp3) is 0.318. The number of aliphatic imine (C=N–C) groups is 1. The Morgan fingerprint density at radius 1 is 1.00 bits per heavy atom. The Morgan fingerprint density at radius 3 is 2.81 bits per heavy atom. The van der Waals surface area contributed by atoms with Gasteiger partial charge in [-0.3, -0.25) is 4.99 Å². The van der Waals surface area contributed by atoms with Crippen LogP contribution in [0, 0.1) is 0 Å². The van der Waals surface area contributed by atoms with E-state index in [4.69, 9.17) is 4.74 Å². The normalized spacial score (nSPS) is 19.2. The maximum absolute atomic E-state index is 5.51. The smallest absolute Gasteiger partial charge is 0.128 e. The molecule has 0 radical (unpaired) electrons. The van der Waals surface area contributed by atoms with Crippen LogP contribution in [0.5, 0.6) is 0 Å². The van der Waals surface area contributed by atoms with Crippen LogP contribution in [0.4, 0.5) is 5.69 Å². The molecule has 0 saturated carbocycles. The van der Waals surface area contributed by atoms with Crippen LogP contribution in [0.3, 0.4) is 0 Å². The zero-order chi connectivity index (χ0) is 17.3. The Labute approximate surface area is 158 Å². The zero-order valence-electron chi connectivity index (χ0n) is 14.7. The maximum atomic E-state index is 5.51. The Balaban J connectivity index is 1.37. The van der Waals surface area contributed by atoms with Crippen LogP contribution >= 0.6 is 11.8 Å². The van der Waals surface area contributed by atoms with Crippen molar-refractivity contribution >= 4 is 29.4 Å². The van der Waals surface area contributed by atoms with E-state index in [1.807, 2.05) is 11.8 Å². The van der Waals surface area contributed by atoms with Crippen molar-refractivity contribution in [2.75, 3.05) is 31.2 Å². The predicted octanol–water partition coefficient (Wildman–Crippen LogP) is 4.98. The molecular weight excluding hydrogens is 340 g/mol. The molecule has 0 spiro atoms. The van der Waals surface area contributed by atoms with Crippen LogP contribution in [0.1, 0.15) is 29.9 Å². The molecule has 0 amide bonds. The molecule has 1 saturated heterocycles. The van der Waals surface area contributed by atoms with Crippen molar-refractivity contribution in [3.05, 3.63) is 59.7 Å². The van der Waals surface area contributed by atoms with Crippen molar-refractivity contribution < 1.29 is 4.74 Å². The number of hydrogen-bond acceptors (Lipinski definition) is 4. The molecule has 3 nitrogen and oxygen atoms in total. The highest BCUT2D eigenvalue weighted by atomic mass is 32.2. The average Bonchev–Trinajstić information content (AvgIpc) is 3.18. The summed E-state index contributed by atoms with van der Waals surface area (Å²) in [4.78, 5) is 9.46. The molecule has 3 aliphatic rings. The molecule has 2 aromatic carbocycles. The Kier molecular flexibility index (Phi) is 4.31. The largest absolute Gasteiger partial charge is 0.381 e. The monoisotopic (exact) mass is 362 g/mol. The van der Waals surface area contributed by atoms with Crippen molar-refractivity contribution in [1.82, 2.24) is 0 Å². The maximum Gasteiger partial charge on any atom is 0.128 e. The number of fused-ring (bicyclic) bond motifs is 3. The average molecular weight is 362 g/mol. The summed E-state index contributed by atoms with van der Waals surface area (Å²) in [6, 6.07) is 15.8. The number of hydrogen-bond donors (Lipinski definition) is 0. The quantitative estimate of drug-likeness (QED) is 0.770. The first kappa shape index (κ1) is 16.2. The molecule has 26 heavy (non-hydrogen) atoms. The summed E-state index contributed by atoms with van der Waals surface area (Å²) in [6.07, 6.45) is 6.60. The summed E-state index contributed by atoms with van der Waals surface area (Å²) in [5.41, 5.74) is 4.02. The SMILES string of the molecule is C1=Cc2cc(Sc3cccc(C4CCOCC4)c3)ccc2N2CCN=C12. The molecule has 3 heterocycles. The van der Waals surface area contributed by atoms with Crippen molar-refractivity contribution in [2.24, 2.45) is 4.99 Å². The number of amidine groups is 1. The topological polar surface area (TPSA) is 24.8 Å². The lowest BCUT2D eigenvalue weighted by atomic mass is 9.92. The number of ether oxygens (including phenoxy) is 1. The lowest BCUT2D eigenvalue weighted by molar-refractivity contribution is 0.0853. The van der Waals surface area contributed by atoms with E-state index < -0.39 is 0 Å². The van der Waals surface area contributed by atoms with Crippen LogP contribution in [0.25, 0.3) is 6.08 Å². The van der Waals surface area contributed by atoms with Gasteiger partial charge >= 0.3 is 0 Å². The predicted molar refractivity (Wildman–Crippen MR) is 108 cm³/mol. The fourth-order valence-corrected chi connectivity index (χ4v) is 4.93. The summed E-state index contributed by atoms with van der Waals surface area (Å²) in [7, 11) is 0. The molecule has 2 aromatic rings. The van der Waals surface area contributed by atoms with E-state index in [0.717, 1.165) is 45.0 Å². The van der Waals surface area contributed by atoms with E-state index in [2.05, 4.69) is 64.5 Å². The second-order valence-corrected chi connectivity index (χ2v) is 8.15. The van der Waals surface area contributed by atoms with Gasteiger partial charge in [0, 0.05) is 35.2 Å². The lowest BCUT2D eigenvalue weighted by Crippen LogP contribution is -2.28. The molecule has 3 aliphatic heterocycles. The van der Waals surface area contributed by atoms with Gasteiger partial charge in [-0.1, -0.05) is 23.9 Å². The first-order valence-corrected chi connectivity index (χ1v) is 10.2. The van der Waals surface area contributed by atoms with Crippen LogP contribution in [0.15, 0.2) is 63.3 Å². The molecule has 1 fully saturated rings. The van der Waals surface area contributed by atoms with E-state index in [0.29, 0.717) is 5.92 Å². The molecule has 0 aromatic heterocycles. The van der Waals surface area contributed by atoms with E-state index in [9.17, 15) is 0 Å². The number of rotatable bonds is 3. The minimum Gasteiger partial charge on any atom is -0.381 e. The van der Waals surface area contributed by atoms with Gasteiger partial charge < -0.3 is 9.64 Å². The summed E-state index contributed by atoms with van der Waals surface area (Å²) in [6.45, 7) is 3.67. The second kappa shape index (κ2) is 6.93. The molecule has 0 unspecified atom stereocenters. The first-order chi connectivity index (χ1) is 12.9.